The summed E-state index contributed by atoms with van der Waals surface area (Å²) in [5, 5.41) is 2.29. The molecule has 3 nitrogen and oxygen atoms in total. The molecule has 1 amide bonds. The molecule has 0 saturated carbocycles. The number of hydrogen-bond acceptors (Lipinski definition) is 3. The molecule has 0 saturated heterocycles. The fraction of sp³-hybridized carbons (Fsp3) is 0. The smallest absolute Gasteiger partial charge is 0.296 e. The number of amides is 1. The van der Waals surface area contributed by atoms with Crippen molar-refractivity contribution in [3.8, 4) is 0 Å². The summed E-state index contributed by atoms with van der Waals surface area (Å²) in [5.74, 6) is -3.79. The van der Waals surface area contributed by atoms with Crippen LogP contribution in [0.2, 0.25) is 0 Å². The predicted molar refractivity (Wildman–Crippen MR) is 69.8 cm³/mol. The van der Waals surface area contributed by atoms with E-state index in [-0.39, 0.29) is 21.0 Å². The Morgan fingerprint density at radius 2 is 1.62 bits per heavy atom. The molecule has 0 aromatic heterocycles. The van der Waals surface area contributed by atoms with E-state index >= 15 is 0 Å². The van der Waals surface area contributed by atoms with Crippen LogP contribution in [0.1, 0.15) is 10.4 Å². The molecule has 2 aromatic carbocycles. The Morgan fingerprint density at radius 3 is 2.38 bits per heavy atom. The Kier molecular flexibility index (Phi) is 3.21. The van der Waals surface area contributed by atoms with Gasteiger partial charge in [0.15, 0.2) is 0 Å². The maximum atomic E-state index is 13.9. The highest BCUT2D eigenvalue weighted by molar-refractivity contribution is 7.99. The molecule has 21 heavy (non-hydrogen) atoms. The van der Waals surface area contributed by atoms with Crippen LogP contribution in [0.4, 0.5) is 18.9 Å². The molecule has 1 N–H and O–H groups in total. The van der Waals surface area contributed by atoms with Gasteiger partial charge < -0.3 is 5.32 Å². The minimum absolute atomic E-state index is 0.0201. The fourth-order valence-corrected chi connectivity index (χ4v) is 2.81. The predicted octanol–water partition coefficient (Wildman–Crippen LogP) is 3.39. The van der Waals surface area contributed by atoms with Gasteiger partial charge >= 0.3 is 0 Å². The summed E-state index contributed by atoms with van der Waals surface area (Å²) in [6.07, 6.45) is 0. The number of nitrogens with one attached hydrogen (secondary N) is 1. The zero-order valence-electron chi connectivity index (χ0n) is 10.2. The first-order valence-corrected chi connectivity index (χ1v) is 6.59. The molecule has 3 rings (SSSR count). The summed E-state index contributed by atoms with van der Waals surface area (Å²) in [5.41, 5.74) is 0.0901. The summed E-state index contributed by atoms with van der Waals surface area (Å²) in [4.78, 5) is 22.5. The van der Waals surface area contributed by atoms with Gasteiger partial charge in [0.1, 0.15) is 17.5 Å². The Balaban J connectivity index is 2.01. The summed E-state index contributed by atoms with van der Waals surface area (Å²) in [6, 6.07) is 4.97. The number of fused-ring (bicyclic) bond motifs is 1. The molecule has 0 radical (unpaired) electrons. The van der Waals surface area contributed by atoms with Crippen LogP contribution in [0.15, 0.2) is 40.1 Å². The van der Waals surface area contributed by atoms with E-state index in [2.05, 4.69) is 5.32 Å². The van der Waals surface area contributed by atoms with Gasteiger partial charge in [-0.05, 0) is 30.3 Å². The van der Waals surface area contributed by atoms with Crippen molar-refractivity contribution in [1.29, 1.82) is 0 Å². The van der Waals surface area contributed by atoms with E-state index in [1.54, 1.807) is 0 Å². The second-order valence-corrected chi connectivity index (χ2v) is 5.37. The standard InChI is InChI=1S/C14H6F3NO2S/c15-6-1-2-8(16)11(3-6)21-12-5-10-7(4-9(12)17)13(19)14(20)18-10/h1-5H,(H,18,19,20). The number of carbonyl (C=O) groups excluding carboxylic acids is 2. The average molecular weight is 309 g/mol. The van der Waals surface area contributed by atoms with Crippen LogP contribution < -0.4 is 5.32 Å². The maximum Gasteiger partial charge on any atom is 0.296 e. The molecule has 2 aromatic rings. The largest absolute Gasteiger partial charge is 0.318 e. The monoisotopic (exact) mass is 309 g/mol. The molecular formula is C14H6F3NO2S. The average Bonchev–Trinajstić information content (AvgIpc) is 2.70. The Morgan fingerprint density at radius 1 is 0.905 bits per heavy atom. The van der Waals surface area contributed by atoms with Gasteiger partial charge in [0.2, 0.25) is 0 Å². The molecule has 7 heteroatoms. The highest BCUT2D eigenvalue weighted by atomic mass is 32.2. The molecule has 0 atom stereocenters. The van der Waals surface area contributed by atoms with E-state index in [1.807, 2.05) is 0 Å². The van der Waals surface area contributed by atoms with Gasteiger partial charge in [-0.2, -0.15) is 0 Å². The molecule has 106 valence electrons. The summed E-state index contributed by atoms with van der Waals surface area (Å²) in [6.45, 7) is 0. The molecule has 0 aliphatic carbocycles. The highest BCUT2D eigenvalue weighted by Gasteiger charge is 2.29. The maximum absolute atomic E-state index is 13.9. The van der Waals surface area contributed by atoms with Crippen LogP contribution in [0.5, 0.6) is 0 Å². The van der Waals surface area contributed by atoms with Gasteiger partial charge in [-0.1, -0.05) is 11.8 Å². The number of anilines is 1. The lowest BCUT2D eigenvalue weighted by Gasteiger charge is -2.07. The molecule has 0 unspecified atom stereocenters. The first-order valence-electron chi connectivity index (χ1n) is 5.78. The second-order valence-electron chi connectivity index (χ2n) is 4.29. The van der Waals surface area contributed by atoms with Crippen molar-refractivity contribution in [2.75, 3.05) is 5.32 Å². The third kappa shape index (κ3) is 2.40. The van der Waals surface area contributed by atoms with Crippen molar-refractivity contribution in [3.05, 3.63) is 53.3 Å². The molecule has 0 fully saturated rings. The summed E-state index contributed by atoms with van der Waals surface area (Å²) >= 11 is 0.671. The Labute approximate surface area is 121 Å². The zero-order chi connectivity index (χ0) is 15.1. The summed E-state index contributed by atoms with van der Waals surface area (Å²) in [7, 11) is 0. The lowest BCUT2D eigenvalue weighted by molar-refractivity contribution is -0.112. The van der Waals surface area contributed by atoms with E-state index in [0.29, 0.717) is 11.8 Å². The van der Waals surface area contributed by atoms with Crippen molar-refractivity contribution < 1.29 is 22.8 Å². The minimum atomic E-state index is -0.844. The third-order valence-electron chi connectivity index (χ3n) is 2.88. The molecule has 0 bridgehead atoms. The normalized spacial score (nSPS) is 13.3. The van der Waals surface area contributed by atoms with Gasteiger partial charge in [-0.15, -0.1) is 0 Å². The first-order chi connectivity index (χ1) is 9.95. The van der Waals surface area contributed by atoms with Gasteiger partial charge in [0, 0.05) is 0 Å². The van der Waals surface area contributed by atoms with Crippen molar-refractivity contribution in [2.24, 2.45) is 0 Å². The van der Waals surface area contributed by atoms with Crippen molar-refractivity contribution >= 4 is 29.1 Å². The van der Waals surface area contributed by atoms with Crippen molar-refractivity contribution in [1.82, 2.24) is 0 Å². The van der Waals surface area contributed by atoms with Gasteiger partial charge in [-0.25, -0.2) is 13.2 Å². The SMILES string of the molecule is O=C1Nc2cc(Sc3cc(F)ccc3F)c(F)cc2C1=O. The minimum Gasteiger partial charge on any atom is -0.318 e. The van der Waals surface area contributed by atoms with Gasteiger partial charge in [-0.3, -0.25) is 9.59 Å². The van der Waals surface area contributed by atoms with Crippen molar-refractivity contribution in [2.45, 2.75) is 9.79 Å². The van der Waals surface area contributed by atoms with Crippen LogP contribution in [0, 0.1) is 17.5 Å². The molecule has 0 spiro atoms. The zero-order valence-corrected chi connectivity index (χ0v) is 11.1. The topological polar surface area (TPSA) is 46.2 Å². The first kappa shape index (κ1) is 13.7. The Bertz CT molecular complexity index is 792. The van der Waals surface area contributed by atoms with E-state index < -0.39 is 29.1 Å². The molecular weight excluding hydrogens is 303 g/mol. The van der Waals surface area contributed by atoms with E-state index in [4.69, 9.17) is 0 Å². The number of rotatable bonds is 2. The molecule has 1 aliphatic heterocycles. The number of hydrogen-bond donors (Lipinski definition) is 1. The fourth-order valence-electron chi connectivity index (χ4n) is 1.90. The van der Waals surface area contributed by atoms with Crippen LogP contribution in [-0.2, 0) is 4.79 Å². The third-order valence-corrected chi connectivity index (χ3v) is 3.95. The van der Waals surface area contributed by atoms with Crippen LogP contribution >= 0.6 is 11.8 Å². The van der Waals surface area contributed by atoms with Gasteiger partial charge in [0.25, 0.3) is 11.7 Å². The van der Waals surface area contributed by atoms with Crippen LogP contribution in [0.25, 0.3) is 0 Å². The molecule has 1 aliphatic rings. The number of benzene rings is 2. The van der Waals surface area contributed by atoms with E-state index in [0.717, 1.165) is 24.3 Å². The van der Waals surface area contributed by atoms with Crippen LogP contribution in [0.3, 0.4) is 0 Å². The lowest BCUT2D eigenvalue weighted by atomic mass is 10.1. The van der Waals surface area contributed by atoms with Crippen LogP contribution in [-0.4, -0.2) is 11.7 Å². The molecule has 1 heterocycles. The summed E-state index contributed by atoms with van der Waals surface area (Å²) < 4.78 is 40.6. The second kappa shape index (κ2) is 4.92. The van der Waals surface area contributed by atoms with E-state index in [1.165, 1.54) is 6.07 Å². The highest BCUT2D eigenvalue weighted by Crippen LogP contribution is 2.36. The van der Waals surface area contributed by atoms with E-state index in [9.17, 15) is 22.8 Å². The number of Topliss-reactive ketones (excluding diaryl/α,β-unsaturated/α-hetero) is 1. The van der Waals surface area contributed by atoms with Crippen molar-refractivity contribution in [3.63, 3.8) is 0 Å². The lowest BCUT2D eigenvalue weighted by Crippen LogP contribution is -2.12. The van der Waals surface area contributed by atoms with Gasteiger partial charge in [0.05, 0.1) is 21.0 Å². The number of halogens is 3. The quantitative estimate of drug-likeness (QED) is 0.865. The number of ketones is 1. The number of carbonyl (C=O) groups is 2. The Hall–Kier alpha value is -2.28.